The molecule has 76 heavy (non-hydrogen) atoms. The lowest BCUT2D eigenvalue weighted by atomic mass is 9.86. The maximum atomic E-state index is 13.7. The topological polar surface area (TPSA) is 390 Å². The Hall–Kier alpha value is -6.38. The van der Waals surface area contributed by atoms with Crippen molar-refractivity contribution in [2.45, 2.75) is 64.1 Å². The minimum absolute atomic E-state index is 0.00126. The monoisotopic (exact) mass is 1120 g/mol. The molecule has 0 saturated carbocycles. The fraction of sp³-hybridized carbons (Fsp3) is 0.400. The summed E-state index contributed by atoms with van der Waals surface area (Å²) >= 11 is 0. The Morgan fingerprint density at radius 2 is 1.70 bits per heavy atom. The number of phosphoric acid groups is 3. The minimum atomic E-state index is -5.92. The smallest absolute Gasteiger partial charge is 0.478 e. The molecule has 0 aliphatic carbocycles. The van der Waals surface area contributed by atoms with Crippen LogP contribution in [0.15, 0.2) is 53.6 Å². The number of aromatic amines is 1. The maximum Gasteiger partial charge on any atom is 0.490 e. The first-order chi connectivity index (χ1) is 35.9. The Morgan fingerprint density at radius 1 is 0.947 bits per heavy atom. The van der Waals surface area contributed by atoms with Crippen LogP contribution < -0.4 is 51.3 Å². The number of hydrogen-bond donors (Lipinski definition) is 10. The Kier molecular flexibility index (Phi) is 15.2. The van der Waals surface area contributed by atoms with Crippen LogP contribution in [0.5, 0.6) is 11.5 Å². The number of aliphatic hydroxyl groups is 1. The van der Waals surface area contributed by atoms with Crippen molar-refractivity contribution >= 4 is 69.8 Å². The number of nitrogens with one attached hydrogen (secondary N) is 3. The highest BCUT2D eigenvalue weighted by Crippen LogP contribution is 2.66. The first-order valence-corrected chi connectivity index (χ1v) is 28.3. The zero-order valence-corrected chi connectivity index (χ0v) is 43.5. The SMILES string of the molecule is CCN1CCCc2cc3c(cc21)Oc1cc2c(cc1=C3c1ccc(C(=O)NCCNC(=O)O[C@@H]3[C@H](O)[C@@H](COP(=O)(O)OP(=O)(O)OP(=O)(O)O)O[C@H]3[n+]3cn(C)c4c(=O)[nH]c(N)nc43)cc1C(=O)O)CCC[N+]=2CC. The molecule has 9 rings (SSSR count). The first-order valence-electron chi connectivity index (χ1n) is 23.8. The number of aliphatic hydroxyl groups excluding tert-OH is 1. The van der Waals surface area contributed by atoms with Gasteiger partial charge < -0.3 is 65.3 Å². The molecule has 0 bridgehead atoms. The summed E-state index contributed by atoms with van der Waals surface area (Å²) in [6.07, 6.45) is -3.42. The fourth-order valence-corrected chi connectivity index (χ4v) is 13.0. The summed E-state index contributed by atoms with van der Waals surface area (Å²) in [6.45, 7) is 5.92. The molecule has 2 aromatic heterocycles. The number of alkyl carbamates (subject to hydrolysis) is 1. The average Bonchev–Trinajstić information content (AvgIpc) is 3.86. The number of aromatic nitrogens is 4. The van der Waals surface area contributed by atoms with Crippen molar-refractivity contribution in [2.24, 2.45) is 7.05 Å². The molecule has 4 aliphatic heterocycles. The van der Waals surface area contributed by atoms with Crippen LogP contribution in [0.3, 0.4) is 0 Å². The highest BCUT2D eigenvalue weighted by Gasteiger charge is 2.52. The summed E-state index contributed by atoms with van der Waals surface area (Å²) in [5, 5.41) is 29.0. The first kappa shape index (κ1) is 54.4. The standard InChI is InChI=1S/C45H52N9O19P3/c1-4-52-14-6-8-23-16-28-32(19-30(23)52)69-33-20-31-24(9-7-15-53(31)5-2)17-29(33)35(28)26-11-10-25(18-27(26)43(58)59)40(56)47-12-13-48-45(60)71-38-37(55)34(21-68-75(64,65)73-76(66,67)72-74(61,62)63)70-42(38)54-22-51(3)36-39(54)49-44(46)50-41(36)57/h10-11,16-20,22,34,37-38,42,55H,4-9,12-15,21H2,1-3H3,(H8-2,46,47,48,49,50,56,57,58,59,60,61,62,63,64,65,66,67)/p+2/t34-,37-,38-,42-/m1/s1. The van der Waals surface area contributed by atoms with Gasteiger partial charge in [-0.3, -0.25) is 23.7 Å². The molecule has 406 valence electrons. The number of phosphoric ester groups is 1. The summed E-state index contributed by atoms with van der Waals surface area (Å²) in [4.78, 5) is 99.1. The van der Waals surface area contributed by atoms with Gasteiger partial charge in [0.05, 0.1) is 25.3 Å². The van der Waals surface area contributed by atoms with Gasteiger partial charge in [-0.25, -0.2) is 32.4 Å². The molecule has 11 N–H and O–H groups in total. The van der Waals surface area contributed by atoms with E-state index in [1.165, 1.54) is 30.1 Å². The number of amides is 2. The van der Waals surface area contributed by atoms with Crippen molar-refractivity contribution in [3.05, 3.63) is 103 Å². The normalized spacial score (nSPS) is 20.6. The third kappa shape index (κ3) is 11.2. The van der Waals surface area contributed by atoms with Crippen LogP contribution in [0.4, 0.5) is 16.4 Å². The zero-order valence-electron chi connectivity index (χ0n) is 40.9. The number of rotatable bonds is 17. The second kappa shape index (κ2) is 21.2. The van der Waals surface area contributed by atoms with Crippen molar-refractivity contribution in [1.82, 2.24) is 29.7 Å². The number of anilines is 2. The predicted octanol–water partition coefficient (Wildman–Crippen LogP) is 0.539. The van der Waals surface area contributed by atoms with Crippen LogP contribution in [0.2, 0.25) is 0 Å². The number of benzene rings is 3. The van der Waals surface area contributed by atoms with E-state index in [1.54, 1.807) is 6.07 Å². The van der Waals surface area contributed by atoms with E-state index in [2.05, 4.69) is 69.2 Å². The molecule has 2 amide bonds. The lowest BCUT2D eigenvalue weighted by Crippen LogP contribution is -2.49. The molecule has 31 heteroatoms. The number of fused-ring (bicyclic) bond motifs is 5. The minimum Gasteiger partial charge on any atom is -0.478 e. The number of carbonyl (C=O) groups excluding carboxylic acids is 2. The van der Waals surface area contributed by atoms with Crippen LogP contribution in [0.25, 0.3) is 16.7 Å². The van der Waals surface area contributed by atoms with E-state index in [0.29, 0.717) is 22.6 Å². The molecule has 2 unspecified atom stereocenters. The van der Waals surface area contributed by atoms with Gasteiger partial charge >= 0.3 is 41.2 Å². The van der Waals surface area contributed by atoms with Crippen LogP contribution in [0.1, 0.15) is 75.9 Å². The van der Waals surface area contributed by atoms with Gasteiger partial charge in [0.25, 0.3) is 17.4 Å². The Morgan fingerprint density at radius 3 is 2.42 bits per heavy atom. The molecule has 28 nitrogen and oxygen atoms in total. The second-order valence-electron chi connectivity index (χ2n) is 18.1. The summed E-state index contributed by atoms with van der Waals surface area (Å²) in [5.74, 6) is -1.12. The molecular formula is C45H54N9O19P3+2. The average molecular weight is 1120 g/mol. The molecule has 1 saturated heterocycles. The zero-order chi connectivity index (χ0) is 54.6. The molecule has 1 fully saturated rings. The van der Waals surface area contributed by atoms with Crippen molar-refractivity contribution in [2.75, 3.05) is 56.5 Å². The molecule has 3 aromatic carbocycles. The number of imidazole rings is 1. The summed E-state index contributed by atoms with van der Waals surface area (Å²) < 4.78 is 70.4. The van der Waals surface area contributed by atoms with Crippen molar-refractivity contribution < 1.29 is 89.8 Å². The van der Waals surface area contributed by atoms with E-state index < -0.39 is 78.1 Å². The van der Waals surface area contributed by atoms with E-state index >= 15 is 0 Å². The van der Waals surface area contributed by atoms with Gasteiger partial charge in [0.1, 0.15) is 36.8 Å². The molecule has 6 heterocycles. The summed E-state index contributed by atoms with van der Waals surface area (Å²) in [6, 6.07) is 12.6. The lowest BCUT2D eigenvalue weighted by Gasteiger charge is -2.32. The quantitative estimate of drug-likeness (QED) is 0.0338. The number of aromatic carboxylic acids is 1. The third-order valence-electron chi connectivity index (χ3n) is 13.2. The highest BCUT2D eigenvalue weighted by molar-refractivity contribution is 7.66. The van der Waals surface area contributed by atoms with E-state index in [4.69, 9.17) is 29.7 Å². The Balaban J connectivity index is 0.927. The molecule has 6 atom stereocenters. The van der Waals surface area contributed by atoms with Gasteiger partial charge in [-0.1, -0.05) is 11.1 Å². The van der Waals surface area contributed by atoms with Gasteiger partial charge in [0, 0.05) is 71.8 Å². The van der Waals surface area contributed by atoms with E-state index in [9.17, 15) is 52.9 Å². The van der Waals surface area contributed by atoms with E-state index in [0.717, 1.165) is 89.4 Å². The van der Waals surface area contributed by atoms with E-state index in [-0.39, 0.29) is 41.3 Å². The van der Waals surface area contributed by atoms with Gasteiger partial charge in [-0.2, -0.15) is 8.62 Å². The lowest BCUT2D eigenvalue weighted by molar-refractivity contribution is -0.745. The molecule has 0 spiro atoms. The van der Waals surface area contributed by atoms with Crippen LogP contribution >= 0.6 is 23.5 Å². The number of carboxylic acids is 1. The number of carbonyl (C=O) groups is 3. The number of H-pyrrole nitrogens is 1. The van der Waals surface area contributed by atoms with Gasteiger partial charge in [0.2, 0.25) is 17.1 Å². The van der Waals surface area contributed by atoms with Crippen molar-refractivity contribution in [1.29, 1.82) is 0 Å². The summed E-state index contributed by atoms with van der Waals surface area (Å²) in [7, 11) is -15.9. The van der Waals surface area contributed by atoms with Gasteiger partial charge in [-0.05, 0) is 68.5 Å². The van der Waals surface area contributed by atoms with E-state index in [1.807, 2.05) is 12.1 Å². The Bertz CT molecular complexity index is 3550. The molecule has 4 aliphatic rings. The number of nitrogens with two attached hydrogens (primary N) is 1. The fourth-order valence-electron chi connectivity index (χ4n) is 9.97. The van der Waals surface area contributed by atoms with Crippen LogP contribution in [-0.4, -0.2) is 126 Å². The largest absolute Gasteiger partial charge is 0.490 e. The number of nitrogen functional groups attached to an aromatic ring is 1. The highest BCUT2D eigenvalue weighted by atomic mass is 31.3. The number of carboxylic acid groups (broad SMARTS) is 1. The number of nitrogens with zero attached hydrogens (tertiary/aromatic N) is 5. The molecule has 5 aromatic rings. The van der Waals surface area contributed by atoms with Crippen LogP contribution in [-0.2, 0) is 56.2 Å². The number of hydrogen-bond acceptors (Lipinski definition) is 17. The predicted molar refractivity (Wildman–Crippen MR) is 265 cm³/mol. The molecular weight excluding hydrogens is 1060 g/mol. The second-order valence-corrected chi connectivity index (χ2v) is 22.5. The number of ether oxygens (including phenoxy) is 3. The van der Waals surface area contributed by atoms with Gasteiger partial charge in [-0.15, -0.1) is 0 Å². The third-order valence-corrected chi connectivity index (χ3v) is 17.0. The molecule has 0 radical (unpaired) electrons. The summed E-state index contributed by atoms with van der Waals surface area (Å²) in [5.41, 5.74) is 9.83. The maximum absolute atomic E-state index is 13.7. The van der Waals surface area contributed by atoms with Gasteiger partial charge in [0.15, 0.2) is 12.4 Å². The Labute approximate surface area is 430 Å². The van der Waals surface area contributed by atoms with Crippen LogP contribution in [0, 0.1) is 0 Å². The van der Waals surface area contributed by atoms with Crippen molar-refractivity contribution in [3.8, 4) is 11.5 Å². The number of aryl methyl sites for hydroxylation is 3. The van der Waals surface area contributed by atoms with Crippen molar-refractivity contribution in [3.63, 3.8) is 0 Å².